The molecule has 1 fully saturated rings. The van der Waals surface area contributed by atoms with Gasteiger partial charge in [0, 0.05) is 17.7 Å². The summed E-state index contributed by atoms with van der Waals surface area (Å²) in [5, 5.41) is 11.4. The molecule has 0 aliphatic carbocycles. The number of aromatic nitrogens is 1. The molecule has 2 heterocycles. The molecule has 1 atom stereocenters. The normalized spacial score (nSPS) is 18.4. The molecule has 1 aliphatic rings. The summed E-state index contributed by atoms with van der Waals surface area (Å²) in [6, 6.07) is 11.0. The zero-order valence-corrected chi connectivity index (χ0v) is 22.7. The Balaban J connectivity index is 0.00000341. The number of hydrazine groups is 1. The first-order chi connectivity index (χ1) is 14.0. The van der Waals surface area contributed by atoms with E-state index in [-0.39, 0.29) is 67.6 Å². The van der Waals surface area contributed by atoms with Crippen LogP contribution in [-0.2, 0) is 21.8 Å². The van der Waals surface area contributed by atoms with E-state index in [4.69, 9.17) is 16.3 Å². The van der Waals surface area contributed by atoms with Crippen molar-refractivity contribution in [1.82, 2.24) is 20.7 Å². The van der Waals surface area contributed by atoms with Gasteiger partial charge in [-0.05, 0) is 28.7 Å². The first-order valence-corrected chi connectivity index (χ1v) is 10.5. The monoisotopic (exact) mass is 488 g/mol. The molecule has 11 heteroatoms. The standard InChI is InChI=1S/C20H23ClN4O4S.K/c1-19(2,3)13-7-5-12(6-8-13)11-30-14-9-10-15(21)22-16(14)20(29-18(27)28)24-23-17(26)25(20)4;/h5-10,24H,11H2,1-4H3,(H,23,26)(H,27,28);/q;+1/p-1. The predicted molar refractivity (Wildman–Crippen MR) is 112 cm³/mol. The molecule has 31 heavy (non-hydrogen) atoms. The molecule has 0 saturated carbocycles. The molecule has 1 saturated heterocycles. The fraction of sp³-hybridized carbons (Fsp3) is 0.350. The minimum Gasteiger partial charge on any atom is -0.504 e. The maximum Gasteiger partial charge on any atom is 1.00 e. The Morgan fingerprint density at radius 1 is 1.26 bits per heavy atom. The number of hydrogen-bond acceptors (Lipinski definition) is 7. The molecule has 1 aromatic heterocycles. The van der Waals surface area contributed by atoms with Gasteiger partial charge in [-0.15, -0.1) is 11.8 Å². The van der Waals surface area contributed by atoms with Gasteiger partial charge in [-0.25, -0.2) is 9.78 Å². The van der Waals surface area contributed by atoms with Crippen LogP contribution in [0.25, 0.3) is 0 Å². The van der Waals surface area contributed by atoms with Crippen LogP contribution >= 0.6 is 23.4 Å². The minimum atomic E-state index is -1.90. The fourth-order valence-corrected chi connectivity index (χ4v) is 4.12. The first-order valence-electron chi connectivity index (χ1n) is 9.13. The van der Waals surface area contributed by atoms with E-state index < -0.39 is 18.0 Å². The Labute approximate surface area is 232 Å². The van der Waals surface area contributed by atoms with Gasteiger partial charge in [-0.2, -0.15) is 5.43 Å². The summed E-state index contributed by atoms with van der Waals surface area (Å²) < 4.78 is 4.97. The van der Waals surface area contributed by atoms with Gasteiger partial charge in [0.1, 0.15) is 10.8 Å². The Hall–Kier alpha value is -0.854. The average molecular weight is 489 g/mol. The molecule has 2 amide bonds. The van der Waals surface area contributed by atoms with Crippen LogP contribution in [-0.4, -0.2) is 29.1 Å². The minimum absolute atomic E-state index is 0. The van der Waals surface area contributed by atoms with Crippen molar-refractivity contribution in [3.05, 3.63) is 58.4 Å². The molecular weight excluding hydrogens is 467 g/mol. The van der Waals surface area contributed by atoms with E-state index in [1.54, 1.807) is 12.1 Å². The molecule has 1 aliphatic heterocycles. The number of thioether (sulfide) groups is 1. The summed E-state index contributed by atoms with van der Waals surface area (Å²) in [4.78, 5) is 29.2. The molecule has 160 valence electrons. The van der Waals surface area contributed by atoms with Gasteiger partial charge in [0.25, 0.3) is 6.16 Å². The topological polar surface area (TPSA) is 107 Å². The second-order valence-corrected chi connectivity index (χ2v) is 9.23. The van der Waals surface area contributed by atoms with Crippen molar-refractivity contribution in [3.63, 3.8) is 0 Å². The number of halogens is 1. The van der Waals surface area contributed by atoms with Crippen LogP contribution in [0.4, 0.5) is 9.59 Å². The second kappa shape index (κ2) is 10.4. The van der Waals surface area contributed by atoms with Crippen LogP contribution in [0.3, 0.4) is 0 Å². The van der Waals surface area contributed by atoms with E-state index in [0.717, 1.165) is 10.5 Å². The smallest absolute Gasteiger partial charge is 0.504 e. The summed E-state index contributed by atoms with van der Waals surface area (Å²) >= 11 is 7.48. The van der Waals surface area contributed by atoms with E-state index in [1.807, 2.05) is 0 Å². The number of amides is 2. The molecular formula is C20H22ClKN4O4S. The zero-order chi connectivity index (χ0) is 22.1. The number of nitrogens with one attached hydrogen (secondary N) is 2. The molecule has 0 radical (unpaired) electrons. The molecule has 3 rings (SSSR count). The van der Waals surface area contributed by atoms with Crippen molar-refractivity contribution in [2.24, 2.45) is 0 Å². The number of nitrogens with zero attached hydrogens (tertiary/aromatic N) is 2. The molecule has 8 nitrogen and oxygen atoms in total. The molecule has 2 N–H and O–H groups in total. The van der Waals surface area contributed by atoms with E-state index in [1.165, 1.54) is 24.4 Å². The molecule has 0 bridgehead atoms. The number of carbonyl (C=O) groups is 2. The predicted octanol–water partition coefficient (Wildman–Crippen LogP) is -0.0414. The molecule has 1 aromatic carbocycles. The van der Waals surface area contributed by atoms with Gasteiger partial charge >= 0.3 is 57.4 Å². The van der Waals surface area contributed by atoms with Gasteiger partial charge < -0.3 is 14.6 Å². The third-order valence-electron chi connectivity index (χ3n) is 4.71. The molecule has 0 spiro atoms. The maximum atomic E-state index is 12.0. The first kappa shape index (κ1) is 26.4. The number of rotatable bonds is 5. The number of carboxylic acid groups (broad SMARTS) is 1. The quantitative estimate of drug-likeness (QED) is 0.263. The Kier molecular flexibility index (Phi) is 8.85. The van der Waals surface area contributed by atoms with Crippen LogP contribution in [0.1, 0.15) is 37.6 Å². The summed E-state index contributed by atoms with van der Waals surface area (Å²) in [6.07, 6.45) is -1.82. The number of urea groups is 1. The van der Waals surface area contributed by atoms with Crippen molar-refractivity contribution in [2.75, 3.05) is 7.05 Å². The van der Waals surface area contributed by atoms with Crippen molar-refractivity contribution in [3.8, 4) is 0 Å². The van der Waals surface area contributed by atoms with E-state index in [0.29, 0.717) is 10.6 Å². The number of pyridine rings is 1. The fourth-order valence-electron chi connectivity index (χ4n) is 2.97. The Bertz CT molecular complexity index is 971. The van der Waals surface area contributed by atoms with Crippen molar-refractivity contribution < 1.29 is 70.8 Å². The number of carbonyl (C=O) groups excluding carboxylic acids is 2. The molecule has 1 unspecified atom stereocenters. The summed E-state index contributed by atoms with van der Waals surface area (Å²) in [5.41, 5.74) is 7.39. The molecule has 2 aromatic rings. The zero-order valence-electron chi connectivity index (χ0n) is 18.0. The van der Waals surface area contributed by atoms with E-state index >= 15 is 0 Å². The van der Waals surface area contributed by atoms with Crippen LogP contribution < -0.4 is 67.3 Å². The van der Waals surface area contributed by atoms with Gasteiger partial charge in [-0.3, -0.25) is 10.3 Å². The Morgan fingerprint density at radius 2 is 1.90 bits per heavy atom. The SMILES string of the molecule is CN1C(=O)NNC1(OC(=O)[O-])c1nc(Cl)ccc1SCc1ccc(C(C)(C)C)cc1.[K+]. The summed E-state index contributed by atoms with van der Waals surface area (Å²) in [5.74, 6) is -1.31. The largest absolute Gasteiger partial charge is 1.00 e. The van der Waals surface area contributed by atoms with Crippen molar-refractivity contribution in [1.29, 1.82) is 0 Å². The van der Waals surface area contributed by atoms with Crippen LogP contribution in [0.15, 0.2) is 41.3 Å². The number of benzene rings is 1. The van der Waals surface area contributed by atoms with Crippen LogP contribution in [0.2, 0.25) is 5.15 Å². The number of hydrogen-bond donors (Lipinski definition) is 2. The van der Waals surface area contributed by atoms with Crippen molar-refractivity contribution in [2.45, 2.75) is 42.7 Å². The van der Waals surface area contributed by atoms with Gasteiger partial charge in [0.15, 0.2) is 0 Å². The summed E-state index contributed by atoms with van der Waals surface area (Å²) in [6.45, 7) is 6.46. The van der Waals surface area contributed by atoms with Crippen LogP contribution in [0, 0.1) is 0 Å². The third-order valence-corrected chi connectivity index (χ3v) is 6.04. The van der Waals surface area contributed by atoms with Gasteiger partial charge in [0.2, 0.25) is 5.85 Å². The van der Waals surface area contributed by atoms with Crippen LogP contribution in [0.5, 0.6) is 0 Å². The van der Waals surface area contributed by atoms with Crippen molar-refractivity contribution >= 4 is 35.5 Å². The summed E-state index contributed by atoms with van der Waals surface area (Å²) in [7, 11) is 1.38. The van der Waals surface area contributed by atoms with E-state index in [9.17, 15) is 14.7 Å². The van der Waals surface area contributed by atoms with Gasteiger partial charge in [0.05, 0.1) is 0 Å². The second-order valence-electron chi connectivity index (χ2n) is 7.83. The third kappa shape index (κ3) is 5.94. The maximum absolute atomic E-state index is 12.0. The number of ether oxygens (including phenoxy) is 1. The Morgan fingerprint density at radius 3 is 2.42 bits per heavy atom. The average Bonchev–Trinajstić information content (AvgIpc) is 2.95. The van der Waals surface area contributed by atoms with E-state index in [2.05, 4.69) is 60.9 Å². The van der Waals surface area contributed by atoms with Gasteiger partial charge in [-0.1, -0.05) is 56.6 Å².